The molecule has 1 N–H and O–H groups in total. The number of nitrogens with one attached hydrogen (secondary N) is 1. The second-order valence-electron chi connectivity index (χ2n) is 5.01. The maximum absolute atomic E-state index is 6.22. The van der Waals surface area contributed by atoms with Gasteiger partial charge in [-0.2, -0.15) is 0 Å². The van der Waals surface area contributed by atoms with Crippen molar-refractivity contribution in [2.45, 2.75) is 13.8 Å². The second kappa shape index (κ2) is 3.60. The molecule has 0 saturated heterocycles. The van der Waals surface area contributed by atoms with E-state index in [1.807, 2.05) is 12.1 Å². The number of anilines is 2. The molecule has 1 aromatic rings. The molecule has 0 atom stereocenters. The SMILES string of the molecule is CN1CC(C)(C)CNc2cccc(Cl)c21. The molecule has 0 amide bonds. The van der Waals surface area contributed by atoms with E-state index in [0.29, 0.717) is 0 Å². The van der Waals surface area contributed by atoms with Crippen molar-refractivity contribution in [3.63, 3.8) is 0 Å². The average Bonchev–Trinajstić information content (AvgIpc) is 2.24. The molecule has 0 fully saturated rings. The molecule has 1 heterocycles. The molecule has 1 aliphatic heterocycles. The molecule has 0 saturated carbocycles. The molecule has 2 rings (SSSR count). The van der Waals surface area contributed by atoms with Gasteiger partial charge in [0.05, 0.1) is 16.4 Å². The molecular formula is C12H17ClN2. The summed E-state index contributed by atoms with van der Waals surface area (Å²) in [6.45, 7) is 6.51. The van der Waals surface area contributed by atoms with Crippen molar-refractivity contribution in [1.82, 2.24) is 0 Å². The molecule has 0 spiro atoms. The standard InChI is InChI=1S/C12H17ClN2/c1-12(2)7-14-10-6-4-5-9(13)11(10)15(3)8-12/h4-6,14H,7-8H2,1-3H3. The maximum atomic E-state index is 6.22. The topological polar surface area (TPSA) is 15.3 Å². The lowest BCUT2D eigenvalue weighted by Crippen LogP contribution is -2.33. The number of para-hydroxylation sites is 1. The molecule has 15 heavy (non-hydrogen) atoms. The molecule has 0 radical (unpaired) electrons. The van der Waals surface area contributed by atoms with Crippen LogP contribution in [-0.4, -0.2) is 20.1 Å². The summed E-state index contributed by atoms with van der Waals surface area (Å²) < 4.78 is 0. The molecule has 1 aliphatic rings. The van der Waals surface area contributed by atoms with Crippen molar-refractivity contribution in [3.05, 3.63) is 23.2 Å². The third kappa shape index (κ3) is 2.05. The Morgan fingerprint density at radius 3 is 2.87 bits per heavy atom. The molecule has 0 unspecified atom stereocenters. The minimum Gasteiger partial charge on any atom is -0.383 e. The Bertz CT molecular complexity index is 374. The van der Waals surface area contributed by atoms with E-state index in [-0.39, 0.29) is 5.41 Å². The highest BCUT2D eigenvalue weighted by Crippen LogP contribution is 2.37. The lowest BCUT2D eigenvalue weighted by molar-refractivity contribution is 0.403. The van der Waals surface area contributed by atoms with Gasteiger partial charge in [0.2, 0.25) is 0 Å². The van der Waals surface area contributed by atoms with Crippen LogP contribution in [0.4, 0.5) is 11.4 Å². The van der Waals surface area contributed by atoms with E-state index in [2.05, 4.69) is 37.2 Å². The molecule has 1 aromatic carbocycles. The molecule has 2 nitrogen and oxygen atoms in total. The van der Waals surface area contributed by atoms with E-state index >= 15 is 0 Å². The average molecular weight is 225 g/mol. The molecule has 3 heteroatoms. The van der Waals surface area contributed by atoms with Gasteiger partial charge in [0.1, 0.15) is 0 Å². The van der Waals surface area contributed by atoms with Gasteiger partial charge in [0.25, 0.3) is 0 Å². The Hall–Kier alpha value is -0.890. The minimum absolute atomic E-state index is 0.261. The van der Waals surface area contributed by atoms with Crippen LogP contribution in [0.3, 0.4) is 0 Å². The second-order valence-corrected chi connectivity index (χ2v) is 5.42. The Labute approximate surface area is 96.2 Å². The number of fused-ring (bicyclic) bond motifs is 1. The molecule has 82 valence electrons. The van der Waals surface area contributed by atoms with Gasteiger partial charge in [-0.25, -0.2) is 0 Å². The molecule has 0 aromatic heterocycles. The fraction of sp³-hybridized carbons (Fsp3) is 0.500. The summed E-state index contributed by atoms with van der Waals surface area (Å²) in [7, 11) is 2.10. The summed E-state index contributed by atoms with van der Waals surface area (Å²) in [6, 6.07) is 6.01. The van der Waals surface area contributed by atoms with Crippen LogP contribution in [-0.2, 0) is 0 Å². The lowest BCUT2D eigenvalue weighted by atomic mass is 9.93. The van der Waals surface area contributed by atoms with E-state index in [1.165, 1.54) is 0 Å². The monoisotopic (exact) mass is 224 g/mol. The predicted molar refractivity (Wildman–Crippen MR) is 67.0 cm³/mol. The van der Waals surface area contributed by atoms with Crippen LogP contribution in [0.2, 0.25) is 5.02 Å². The van der Waals surface area contributed by atoms with E-state index in [1.54, 1.807) is 0 Å². The van der Waals surface area contributed by atoms with Crippen molar-refractivity contribution in [2.75, 3.05) is 30.4 Å². The van der Waals surface area contributed by atoms with Crippen molar-refractivity contribution in [1.29, 1.82) is 0 Å². The summed E-state index contributed by atoms with van der Waals surface area (Å²) in [5, 5.41) is 4.28. The molecular weight excluding hydrogens is 208 g/mol. The van der Waals surface area contributed by atoms with Crippen LogP contribution >= 0.6 is 11.6 Å². The van der Waals surface area contributed by atoms with Crippen molar-refractivity contribution in [2.24, 2.45) is 5.41 Å². The quantitative estimate of drug-likeness (QED) is 0.728. The normalized spacial score (nSPS) is 19.1. The highest BCUT2D eigenvalue weighted by molar-refractivity contribution is 6.34. The summed E-state index contributed by atoms with van der Waals surface area (Å²) in [4.78, 5) is 2.23. The first-order chi connectivity index (χ1) is 6.99. The smallest absolute Gasteiger partial charge is 0.0788 e. The van der Waals surface area contributed by atoms with Crippen LogP contribution in [0.5, 0.6) is 0 Å². The number of nitrogens with zero attached hydrogens (tertiary/aromatic N) is 1. The zero-order chi connectivity index (χ0) is 11.1. The largest absolute Gasteiger partial charge is 0.383 e. The fourth-order valence-electron chi connectivity index (χ4n) is 2.16. The van der Waals surface area contributed by atoms with E-state index in [0.717, 1.165) is 29.5 Å². The van der Waals surface area contributed by atoms with E-state index in [4.69, 9.17) is 11.6 Å². The summed E-state index contributed by atoms with van der Waals surface area (Å²) >= 11 is 6.22. The van der Waals surface area contributed by atoms with Gasteiger partial charge in [-0.1, -0.05) is 31.5 Å². The molecule has 0 bridgehead atoms. The van der Waals surface area contributed by atoms with Crippen LogP contribution in [0.1, 0.15) is 13.8 Å². The van der Waals surface area contributed by atoms with Crippen LogP contribution in [0, 0.1) is 5.41 Å². The lowest BCUT2D eigenvalue weighted by Gasteiger charge is -2.28. The zero-order valence-electron chi connectivity index (χ0n) is 9.47. The minimum atomic E-state index is 0.261. The highest BCUT2D eigenvalue weighted by atomic mass is 35.5. The van der Waals surface area contributed by atoms with Crippen LogP contribution in [0.25, 0.3) is 0 Å². The van der Waals surface area contributed by atoms with Gasteiger partial charge in [0, 0.05) is 20.1 Å². The van der Waals surface area contributed by atoms with E-state index in [9.17, 15) is 0 Å². The third-order valence-corrected chi connectivity index (χ3v) is 3.10. The highest BCUT2D eigenvalue weighted by Gasteiger charge is 2.26. The van der Waals surface area contributed by atoms with Crippen molar-refractivity contribution in [3.8, 4) is 0 Å². The first kappa shape index (κ1) is 10.6. The Kier molecular flexibility index (Phi) is 2.55. The fourth-order valence-corrected chi connectivity index (χ4v) is 2.48. The Morgan fingerprint density at radius 1 is 1.40 bits per heavy atom. The number of halogens is 1. The van der Waals surface area contributed by atoms with Gasteiger partial charge >= 0.3 is 0 Å². The maximum Gasteiger partial charge on any atom is 0.0788 e. The summed E-state index contributed by atoms with van der Waals surface area (Å²) in [6.07, 6.45) is 0. The number of benzene rings is 1. The van der Waals surface area contributed by atoms with Crippen LogP contribution in [0.15, 0.2) is 18.2 Å². The van der Waals surface area contributed by atoms with Gasteiger partial charge in [0.15, 0.2) is 0 Å². The molecule has 0 aliphatic carbocycles. The van der Waals surface area contributed by atoms with Gasteiger partial charge in [-0.15, -0.1) is 0 Å². The first-order valence-corrected chi connectivity index (χ1v) is 5.61. The van der Waals surface area contributed by atoms with E-state index < -0.39 is 0 Å². The van der Waals surface area contributed by atoms with Gasteiger partial charge in [-0.05, 0) is 17.5 Å². The summed E-state index contributed by atoms with van der Waals surface area (Å²) in [5.41, 5.74) is 2.51. The van der Waals surface area contributed by atoms with Gasteiger partial charge in [-0.3, -0.25) is 0 Å². The summed E-state index contributed by atoms with van der Waals surface area (Å²) in [5.74, 6) is 0. The Balaban J connectivity index is 2.44. The number of hydrogen-bond acceptors (Lipinski definition) is 2. The first-order valence-electron chi connectivity index (χ1n) is 5.23. The van der Waals surface area contributed by atoms with Crippen molar-refractivity contribution >= 4 is 23.0 Å². The predicted octanol–water partition coefficient (Wildman–Crippen LogP) is 3.23. The number of rotatable bonds is 0. The zero-order valence-corrected chi connectivity index (χ0v) is 10.2. The number of hydrogen-bond donors (Lipinski definition) is 1. The van der Waals surface area contributed by atoms with Gasteiger partial charge < -0.3 is 10.2 Å². The van der Waals surface area contributed by atoms with Crippen molar-refractivity contribution < 1.29 is 0 Å². The van der Waals surface area contributed by atoms with Crippen LogP contribution < -0.4 is 10.2 Å². The Morgan fingerprint density at radius 2 is 2.13 bits per heavy atom. The third-order valence-electron chi connectivity index (χ3n) is 2.79.